The van der Waals surface area contributed by atoms with E-state index in [4.69, 9.17) is 0 Å². The van der Waals surface area contributed by atoms with Gasteiger partial charge in [-0.25, -0.2) is 4.79 Å². The molecule has 7 heteroatoms. The summed E-state index contributed by atoms with van der Waals surface area (Å²) in [5, 5.41) is 2.69. The Morgan fingerprint density at radius 1 is 1.18 bits per heavy atom. The van der Waals surface area contributed by atoms with Gasteiger partial charge in [0.1, 0.15) is 0 Å². The number of esters is 1. The molecule has 1 aliphatic carbocycles. The second-order valence-electron chi connectivity index (χ2n) is 5.17. The topological polar surface area (TPSA) is 55.4 Å². The summed E-state index contributed by atoms with van der Waals surface area (Å²) in [4.78, 5) is 23.4. The van der Waals surface area contributed by atoms with Gasteiger partial charge in [-0.15, -0.1) is 0 Å². The van der Waals surface area contributed by atoms with Gasteiger partial charge in [0.25, 0.3) is 5.91 Å². The van der Waals surface area contributed by atoms with Gasteiger partial charge in [-0.1, -0.05) is 25.0 Å². The van der Waals surface area contributed by atoms with Crippen molar-refractivity contribution < 1.29 is 27.5 Å². The van der Waals surface area contributed by atoms with Crippen molar-refractivity contribution in [3.8, 4) is 0 Å². The minimum absolute atomic E-state index is 0.0636. The molecule has 1 aromatic rings. The van der Waals surface area contributed by atoms with Gasteiger partial charge in [-0.3, -0.25) is 4.79 Å². The van der Waals surface area contributed by atoms with Crippen LogP contribution in [0.3, 0.4) is 0 Å². The summed E-state index contributed by atoms with van der Waals surface area (Å²) >= 11 is 0. The maximum Gasteiger partial charge on any atom is 0.417 e. The number of hydrogen-bond donors (Lipinski definition) is 1. The first-order valence-corrected chi connectivity index (χ1v) is 7.00. The summed E-state index contributed by atoms with van der Waals surface area (Å²) in [6.07, 6.45) is -0.845. The quantitative estimate of drug-likeness (QED) is 0.869. The molecule has 0 saturated heterocycles. The summed E-state index contributed by atoms with van der Waals surface area (Å²) in [5.74, 6) is -1.65. The van der Waals surface area contributed by atoms with Crippen molar-refractivity contribution in [3.05, 3.63) is 35.4 Å². The minimum Gasteiger partial charge on any atom is -0.452 e. The van der Waals surface area contributed by atoms with E-state index in [-0.39, 0.29) is 6.04 Å². The number of hydrogen-bond acceptors (Lipinski definition) is 3. The van der Waals surface area contributed by atoms with Gasteiger partial charge < -0.3 is 10.1 Å². The summed E-state index contributed by atoms with van der Waals surface area (Å²) in [5.41, 5.74) is -1.67. The van der Waals surface area contributed by atoms with Gasteiger partial charge in [0.05, 0.1) is 11.1 Å². The Bertz CT molecular complexity index is 551. The lowest BCUT2D eigenvalue weighted by molar-refractivity contribution is -0.138. The lowest BCUT2D eigenvalue weighted by Crippen LogP contribution is -2.36. The van der Waals surface area contributed by atoms with E-state index < -0.39 is 35.8 Å². The SMILES string of the molecule is O=C(COC(=O)c1ccccc1C(F)(F)F)NC1CCCC1. The molecular formula is C15H16F3NO3. The number of alkyl halides is 3. The van der Waals surface area contributed by atoms with Crippen molar-refractivity contribution in [2.45, 2.75) is 37.9 Å². The van der Waals surface area contributed by atoms with E-state index in [9.17, 15) is 22.8 Å². The number of carbonyl (C=O) groups is 2. The molecule has 0 aromatic heterocycles. The second-order valence-corrected chi connectivity index (χ2v) is 5.17. The molecule has 2 rings (SSSR count). The first-order chi connectivity index (χ1) is 10.4. The fraction of sp³-hybridized carbons (Fsp3) is 0.467. The number of amides is 1. The zero-order valence-corrected chi connectivity index (χ0v) is 11.8. The van der Waals surface area contributed by atoms with Crippen molar-refractivity contribution in [2.75, 3.05) is 6.61 Å². The van der Waals surface area contributed by atoms with Crippen LogP contribution in [0, 0.1) is 0 Å². The highest BCUT2D eigenvalue weighted by Crippen LogP contribution is 2.32. The second kappa shape index (κ2) is 6.81. The van der Waals surface area contributed by atoms with Crippen LogP contribution < -0.4 is 5.32 Å². The van der Waals surface area contributed by atoms with Crippen molar-refractivity contribution in [1.82, 2.24) is 5.32 Å². The van der Waals surface area contributed by atoms with Crippen LogP contribution in [-0.2, 0) is 15.7 Å². The number of nitrogens with one attached hydrogen (secondary N) is 1. The molecule has 0 heterocycles. The molecule has 0 radical (unpaired) electrons. The molecule has 0 unspecified atom stereocenters. The third kappa shape index (κ3) is 4.22. The Hall–Kier alpha value is -2.05. The molecule has 1 N–H and O–H groups in total. The van der Waals surface area contributed by atoms with Gasteiger partial charge in [0.15, 0.2) is 6.61 Å². The van der Waals surface area contributed by atoms with Crippen molar-refractivity contribution in [2.24, 2.45) is 0 Å². The molecule has 1 saturated carbocycles. The number of ether oxygens (including phenoxy) is 1. The highest BCUT2D eigenvalue weighted by molar-refractivity contribution is 5.93. The van der Waals surface area contributed by atoms with E-state index in [1.54, 1.807) is 0 Å². The predicted molar refractivity (Wildman–Crippen MR) is 72.1 cm³/mol. The number of benzene rings is 1. The van der Waals surface area contributed by atoms with Crippen molar-refractivity contribution in [3.63, 3.8) is 0 Å². The molecule has 1 fully saturated rings. The molecule has 0 spiro atoms. The molecule has 0 aliphatic heterocycles. The molecule has 120 valence electrons. The maximum atomic E-state index is 12.8. The minimum atomic E-state index is -4.65. The van der Waals surface area contributed by atoms with Crippen LogP contribution in [0.1, 0.15) is 41.6 Å². The van der Waals surface area contributed by atoms with E-state index in [0.29, 0.717) is 0 Å². The van der Waals surface area contributed by atoms with E-state index in [1.807, 2.05) is 0 Å². The fourth-order valence-electron chi connectivity index (χ4n) is 2.46. The van der Waals surface area contributed by atoms with Crippen LogP contribution in [0.5, 0.6) is 0 Å². The summed E-state index contributed by atoms with van der Waals surface area (Å²) < 4.78 is 43.1. The van der Waals surface area contributed by atoms with Gasteiger partial charge in [-0.2, -0.15) is 13.2 Å². The average molecular weight is 315 g/mol. The van der Waals surface area contributed by atoms with Crippen LogP contribution in [0.2, 0.25) is 0 Å². The van der Waals surface area contributed by atoms with Crippen LogP contribution >= 0.6 is 0 Å². The molecular weight excluding hydrogens is 299 g/mol. The number of carbonyl (C=O) groups excluding carboxylic acids is 2. The van der Waals surface area contributed by atoms with E-state index in [2.05, 4.69) is 10.1 Å². The Morgan fingerprint density at radius 3 is 2.45 bits per heavy atom. The molecule has 1 amide bonds. The van der Waals surface area contributed by atoms with E-state index in [0.717, 1.165) is 37.8 Å². The van der Waals surface area contributed by atoms with Crippen LogP contribution in [-0.4, -0.2) is 24.5 Å². The van der Waals surface area contributed by atoms with Crippen LogP contribution in [0.15, 0.2) is 24.3 Å². The van der Waals surface area contributed by atoms with Gasteiger partial charge >= 0.3 is 12.1 Å². The Balaban J connectivity index is 1.93. The van der Waals surface area contributed by atoms with Gasteiger partial charge in [0, 0.05) is 6.04 Å². The largest absolute Gasteiger partial charge is 0.452 e. The molecule has 0 atom stereocenters. The standard InChI is InChI=1S/C15H16F3NO3/c16-15(17,18)12-8-4-3-7-11(12)14(21)22-9-13(20)19-10-5-1-2-6-10/h3-4,7-8,10H,1-2,5-6,9H2,(H,19,20). The van der Waals surface area contributed by atoms with Crippen LogP contribution in [0.4, 0.5) is 13.2 Å². The fourth-order valence-corrected chi connectivity index (χ4v) is 2.46. The Kier molecular flexibility index (Phi) is 5.05. The lowest BCUT2D eigenvalue weighted by Gasteiger charge is -2.13. The third-order valence-corrected chi connectivity index (χ3v) is 3.51. The smallest absolute Gasteiger partial charge is 0.417 e. The Labute approximate surface area is 125 Å². The summed E-state index contributed by atoms with van der Waals surface area (Å²) in [6, 6.07) is 4.39. The molecule has 1 aliphatic rings. The number of halogens is 3. The van der Waals surface area contributed by atoms with Crippen LogP contribution in [0.25, 0.3) is 0 Å². The first kappa shape index (κ1) is 16.3. The van der Waals surface area contributed by atoms with Crippen molar-refractivity contribution >= 4 is 11.9 Å². The molecule has 22 heavy (non-hydrogen) atoms. The van der Waals surface area contributed by atoms with Gasteiger partial charge in [0.2, 0.25) is 0 Å². The van der Waals surface area contributed by atoms with E-state index in [1.165, 1.54) is 12.1 Å². The van der Waals surface area contributed by atoms with Gasteiger partial charge in [-0.05, 0) is 25.0 Å². The third-order valence-electron chi connectivity index (χ3n) is 3.51. The first-order valence-electron chi connectivity index (χ1n) is 7.00. The Morgan fingerprint density at radius 2 is 1.82 bits per heavy atom. The monoisotopic (exact) mass is 315 g/mol. The highest BCUT2D eigenvalue weighted by Gasteiger charge is 2.35. The average Bonchev–Trinajstić information content (AvgIpc) is 2.96. The van der Waals surface area contributed by atoms with E-state index >= 15 is 0 Å². The summed E-state index contributed by atoms with van der Waals surface area (Å²) in [6.45, 7) is -0.582. The predicted octanol–water partition coefficient (Wildman–Crippen LogP) is 2.92. The molecule has 0 bridgehead atoms. The maximum absolute atomic E-state index is 12.8. The molecule has 4 nitrogen and oxygen atoms in total. The zero-order chi connectivity index (χ0) is 16.2. The lowest BCUT2D eigenvalue weighted by atomic mass is 10.1. The van der Waals surface area contributed by atoms with Crippen molar-refractivity contribution in [1.29, 1.82) is 0 Å². The zero-order valence-electron chi connectivity index (χ0n) is 11.8. The molecule has 1 aromatic carbocycles. The normalized spacial score (nSPS) is 15.6. The summed E-state index contributed by atoms with van der Waals surface area (Å²) in [7, 11) is 0. The number of rotatable bonds is 4. The highest BCUT2D eigenvalue weighted by atomic mass is 19.4.